The Hall–Kier alpha value is -1.97. The van der Waals surface area contributed by atoms with Crippen molar-refractivity contribution < 1.29 is 9.21 Å². The topological polar surface area (TPSA) is 45.5 Å². The highest BCUT2D eigenvalue weighted by molar-refractivity contribution is 5.78. The zero-order chi connectivity index (χ0) is 14.0. The first-order valence-electron chi connectivity index (χ1n) is 6.51. The summed E-state index contributed by atoms with van der Waals surface area (Å²) in [6.45, 7) is 5.88. The first kappa shape index (κ1) is 13.5. The molecule has 1 aromatic carbocycles. The van der Waals surface area contributed by atoms with Gasteiger partial charge >= 0.3 is 6.03 Å². The summed E-state index contributed by atoms with van der Waals surface area (Å²) in [4.78, 5) is 13.6. The van der Waals surface area contributed by atoms with Crippen LogP contribution in [0.1, 0.15) is 32.6 Å². The molecule has 4 heteroatoms. The van der Waals surface area contributed by atoms with E-state index in [1.165, 1.54) is 0 Å². The molecule has 0 unspecified atom stereocenters. The molecule has 2 rings (SSSR count). The smallest absolute Gasteiger partial charge is 0.317 e. The van der Waals surface area contributed by atoms with E-state index in [4.69, 9.17) is 4.42 Å². The second-order valence-electron chi connectivity index (χ2n) is 5.06. The molecule has 0 aliphatic heterocycles. The maximum absolute atomic E-state index is 12.0. The lowest BCUT2D eigenvalue weighted by Crippen LogP contribution is -2.42. The molecular formula is C15H20N2O2. The normalized spacial score (nSPS) is 12.7. The number of fused-ring (bicyclic) bond motifs is 1. The van der Waals surface area contributed by atoms with Crippen molar-refractivity contribution in [1.29, 1.82) is 0 Å². The molecule has 102 valence electrons. The van der Waals surface area contributed by atoms with E-state index in [0.29, 0.717) is 0 Å². The second kappa shape index (κ2) is 5.34. The van der Waals surface area contributed by atoms with Crippen molar-refractivity contribution in [3.05, 3.63) is 36.1 Å². The largest absolute Gasteiger partial charge is 0.459 e. The molecule has 0 bridgehead atoms. The Labute approximate surface area is 113 Å². The van der Waals surface area contributed by atoms with E-state index >= 15 is 0 Å². The number of nitrogens with one attached hydrogen (secondary N) is 1. The van der Waals surface area contributed by atoms with Gasteiger partial charge in [0.25, 0.3) is 0 Å². The third kappa shape index (κ3) is 2.89. The first-order chi connectivity index (χ1) is 8.99. The number of carbonyl (C=O) groups excluding carboxylic acids is 1. The molecule has 0 saturated heterocycles. The highest BCUT2D eigenvalue weighted by atomic mass is 16.3. The van der Waals surface area contributed by atoms with E-state index in [1.807, 2.05) is 51.1 Å². The number of para-hydroxylation sites is 1. The Balaban J connectivity index is 2.11. The number of carbonyl (C=O) groups is 1. The van der Waals surface area contributed by atoms with Crippen LogP contribution in [-0.4, -0.2) is 24.0 Å². The summed E-state index contributed by atoms with van der Waals surface area (Å²) in [7, 11) is 1.78. The Morgan fingerprint density at radius 3 is 2.58 bits per heavy atom. The standard InChI is InChI=1S/C15H20N2O2/c1-10(2)17(4)15(18)16-11(3)14-9-12-7-5-6-8-13(12)19-14/h5-11H,1-4H3,(H,16,18)/t11-/m1/s1. The zero-order valence-electron chi connectivity index (χ0n) is 11.8. The van der Waals surface area contributed by atoms with Crippen molar-refractivity contribution in [2.24, 2.45) is 0 Å². The Morgan fingerprint density at radius 1 is 1.26 bits per heavy atom. The average Bonchev–Trinajstić information content (AvgIpc) is 2.81. The van der Waals surface area contributed by atoms with Gasteiger partial charge in [0, 0.05) is 18.5 Å². The first-order valence-corrected chi connectivity index (χ1v) is 6.51. The Morgan fingerprint density at radius 2 is 1.95 bits per heavy atom. The minimum Gasteiger partial charge on any atom is -0.459 e. The van der Waals surface area contributed by atoms with Gasteiger partial charge in [-0.3, -0.25) is 0 Å². The summed E-state index contributed by atoms with van der Waals surface area (Å²) in [5, 5.41) is 3.98. The van der Waals surface area contributed by atoms with Gasteiger partial charge in [-0.05, 0) is 32.9 Å². The predicted molar refractivity (Wildman–Crippen MR) is 76.1 cm³/mol. The summed E-state index contributed by atoms with van der Waals surface area (Å²) in [5.41, 5.74) is 0.843. The van der Waals surface area contributed by atoms with Gasteiger partial charge in [0.05, 0.1) is 6.04 Å². The minimum atomic E-state index is -0.152. The van der Waals surface area contributed by atoms with Crippen LogP contribution in [0.15, 0.2) is 34.7 Å². The molecule has 0 fully saturated rings. The predicted octanol–water partition coefficient (Wildman–Crippen LogP) is 3.54. The summed E-state index contributed by atoms with van der Waals surface area (Å²) in [5.74, 6) is 0.770. The molecule has 0 radical (unpaired) electrons. The van der Waals surface area contributed by atoms with Crippen LogP contribution >= 0.6 is 0 Å². The van der Waals surface area contributed by atoms with Gasteiger partial charge in [0.15, 0.2) is 0 Å². The lowest BCUT2D eigenvalue weighted by atomic mass is 10.2. The van der Waals surface area contributed by atoms with Crippen LogP contribution in [0.3, 0.4) is 0 Å². The number of urea groups is 1. The second-order valence-corrected chi connectivity index (χ2v) is 5.06. The number of rotatable bonds is 3. The SMILES string of the molecule is CC(C)N(C)C(=O)N[C@H](C)c1cc2ccccc2o1. The van der Waals surface area contributed by atoms with Gasteiger partial charge in [-0.2, -0.15) is 0 Å². The van der Waals surface area contributed by atoms with Crippen molar-refractivity contribution in [3.63, 3.8) is 0 Å². The molecule has 1 aromatic heterocycles. The summed E-state index contributed by atoms with van der Waals surface area (Å²) in [6.07, 6.45) is 0. The van der Waals surface area contributed by atoms with Gasteiger partial charge in [0.2, 0.25) is 0 Å². The van der Waals surface area contributed by atoms with Crippen molar-refractivity contribution >= 4 is 17.0 Å². The fourth-order valence-corrected chi connectivity index (χ4v) is 1.81. The summed E-state index contributed by atoms with van der Waals surface area (Å²) >= 11 is 0. The molecule has 0 aliphatic rings. The molecule has 1 atom stereocenters. The molecule has 0 spiro atoms. The lowest BCUT2D eigenvalue weighted by molar-refractivity contribution is 0.193. The van der Waals surface area contributed by atoms with E-state index in [1.54, 1.807) is 11.9 Å². The maximum atomic E-state index is 12.0. The highest BCUT2D eigenvalue weighted by Crippen LogP contribution is 2.23. The van der Waals surface area contributed by atoms with Gasteiger partial charge in [-0.15, -0.1) is 0 Å². The fourth-order valence-electron chi connectivity index (χ4n) is 1.81. The van der Waals surface area contributed by atoms with E-state index in [2.05, 4.69) is 5.32 Å². The van der Waals surface area contributed by atoms with E-state index < -0.39 is 0 Å². The van der Waals surface area contributed by atoms with Crippen LogP contribution in [0.25, 0.3) is 11.0 Å². The molecule has 1 heterocycles. The van der Waals surface area contributed by atoms with Gasteiger partial charge in [-0.1, -0.05) is 18.2 Å². The monoisotopic (exact) mass is 260 g/mol. The number of nitrogens with zero attached hydrogens (tertiary/aromatic N) is 1. The van der Waals surface area contributed by atoms with Crippen LogP contribution in [0, 0.1) is 0 Å². The third-order valence-electron chi connectivity index (χ3n) is 3.31. The van der Waals surface area contributed by atoms with Crippen LogP contribution in [-0.2, 0) is 0 Å². The lowest BCUT2D eigenvalue weighted by Gasteiger charge is -2.23. The molecule has 2 amide bonds. The fraction of sp³-hybridized carbons (Fsp3) is 0.400. The van der Waals surface area contributed by atoms with E-state index in [9.17, 15) is 4.79 Å². The number of amides is 2. The quantitative estimate of drug-likeness (QED) is 0.917. The minimum absolute atomic E-state index is 0.0945. The highest BCUT2D eigenvalue weighted by Gasteiger charge is 2.17. The third-order valence-corrected chi connectivity index (χ3v) is 3.31. The number of hydrogen-bond acceptors (Lipinski definition) is 2. The van der Waals surface area contributed by atoms with E-state index in [-0.39, 0.29) is 18.1 Å². The average molecular weight is 260 g/mol. The van der Waals surface area contributed by atoms with Crippen molar-refractivity contribution in [2.45, 2.75) is 32.9 Å². The molecule has 2 aromatic rings. The molecule has 19 heavy (non-hydrogen) atoms. The summed E-state index contributed by atoms with van der Waals surface area (Å²) < 4.78 is 5.74. The molecular weight excluding hydrogens is 240 g/mol. The number of hydrogen-bond donors (Lipinski definition) is 1. The molecule has 0 saturated carbocycles. The van der Waals surface area contributed by atoms with Crippen molar-refractivity contribution in [3.8, 4) is 0 Å². The molecule has 0 aliphatic carbocycles. The Bertz CT molecular complexity index is 541. The molecule has 4 nitrogen and oxygen atoms in total. The van der Waals surface area contributed by atoms with Crippen molar-refractivity contribution in [2.75, 3.05) is 7.05 Å². The van der Waals surface area contributed by atoms with Gasteiger partial charge in [0.1, 0.15) is 11.3 Å². The van der Waals surface area contributed by atoms with Crippen LogP contribution in [0.5, 0.6) is 0 Å². The van der Waals surface area contributed by atoms with Crippen LogP contribution in [0.2, 0.25) is 0 Å². The number of furan rings is 1. The van der Waals surface area contributed by atoms with Crippen LogP contribution in [0.4, 0.5) is 4.79 Å². The maximum Gasteiger partial charge on any atom is 0.317 e. The Kier molecular flexibility index (Phi) is 3.79. The number of benzene rings is 1. The van der Waals surface area contributed by atoms with Gasteiger partial charge in [-0.25, -0.2) is 4.79 Å². The van der Waals surface area contributed by atoms with Crippen LogP contribution < -0.4 is 5.32 Å². The summed E-state index contributed by atoms with van der Waals surface area (Å²) in [6, 6.07) is 9.72. The van der Waals surface area contributed by atoms with Crippen molar-refractivity contribution in [1.82, 2.24) is 10.2 Å². The van der Waals surface area contributed by atoms with E-state index in [0.717, 1.165) is 16.7 Å². The zero-order valence-corrected chi connectivity index (χ0v) is 11.8. The van der Waals surface area contributed by atoms with Gasteiger partial charge < -0.3 is 14.6 Å². The molecule has 1 N–H and O–H groups in total.